The molecule has 2 aromatic carbocycles. The molecule has 0 radical (unpaired) electrons. The quantitative estimate of drug-likeness (QED) is 0.721. The van der Waals surface area contributed by atoms with Crippen LogP contribution in [0.15, 0.2) is 46.9 Å². The van der Waals surface area contributed by atoms with Crippen molar-refractivity contribution in [2.45, 2.75) is 6.92 Å². The highest BCUT2D eigenvalue weighted by Gasteiger charge is 2.18. The fourth-order valence-corrected chi connectivity index (χ4v) is 2.27. The molecule has 0 saturated heterocycles. The fraction of sp³-hybridized carbons (Fsp3) is 0.118. The molecule has 0 saturated carbocycles. The molecule has 1 heterocycles. The summed E-state index contributed by atoms with van der Waals surface area (Å²) in [5.74, 6) is 0.111. The van der Waals surface area contributed by atoms with Crippen molar-refractivity contribution in [2.24, 2.45) is 0 Å². The lowest BCUT2D eigenvalue weighted by Gasteiger charge is -2.03. The first-order valence-corrected chi connectivity index (χ1v) is 6.81. The molecule has 0 unspecified atom stereocenters. The third kappa shape index (κ3) is 2.48. The van der Waals surface area contributed by atoms with Crippen molar-refractivity contribution in [3.05, 3.63) is 48.0 Å². The molecule has 0 aliphatic rings. The Morgan fingerprint density at radius 2 is 1.82 bits per heavy atom. The van der Waals surface area contributed by atoms with Crippen LogP contribution in [0.5, 0.6) is 11.5 Å². The molecule has 0 aliphatic heterocycles. The number of ether oxygens (including phenoxy) is 1. The Hall–Kier alpha value is -2.95. The number of hydrogen-bond donors (Lipinski definition) is 2. The molecule has 0 amide bonds. The van der Waals surface area contributed by atoms with Gasteiger partial charge in [-0.25, -0.2) is 4.79 Å². The minimum atomic E-state index is -0.546. The first kappa shape index (κ1) is 14.0. The summed E-state index contributed by atoms with van der Waals surface area (Å²) in [6.45, 7) is 1.95. The number of rotatable bonds is 3. The molecule has 0 fully saturated rings. The summed E-state index contributed by atoms with van der Waals surface area (Å²) in [4.78, 5) is 12.0. The van der Waals surface area contributed by atoms with Gasteiger partial charge in [0.1, 0.15) is 28.4 Å². The number of benzene rings is 2. The molecule has 112 valence electrons. The van der Waals surface area contributed by atoms with Crippen LogP contribution in [0.25, 0.3) is 22.3 Å². The lowest BCUT2D eigenvalue weighted by molar-refractivity contribution is 0.0527. The highest BCUT2D eigenvalue weighted by Crippen LogP contribution is 2.33. The van der Waals surface area contributed by atoms with Crippen molar-refractivity contribution >= 4 is 16.9 Å². The van der Waals surface area contributed by atoms with Crippen molar-refractivity contribution < 1.29 is 24.2 Å². The topological polar surface area (TPSA) is 79.9 Å². The van der Waals surface area contributed by atoms with E-state index < -0.39 is 5.97 Å². The summed E-state index contributed by atoms with van der Waals surface area (Å²) in [6.07, 6.45) is 0. The van der Waals surface area contributed by atoms with Gasteiger partial charge < -0.3 is 19.4 Å². The van der Waals surface area contributed by atoms with E-state index in [1.54, 1.807) is 37.3 Å². The number of fused-ring (bicyclic) bond motifs is 1. The Labute approximate surface area is 126 Å². The lowest BCUT2D eigenvalue weighted by Crippen LogP contribution is -2.04. The summed E-state index contributed by atoms with van der Waals surface area (Å²) in [5, 5.41) is 19.7. The molecule has 2 N–H and O–H groups in total. The van der Waals surface area contributed by atoms with Gasteiger partial charge in [-0.2, -0.15) is 0 Å². The summed E-state index contributed by atoms with van der Waals surface area (Å²) >= 11 is 0. The minimum Gasteiger partial charge on any atom is -0.508 e. The van der Waals surface area contributed by atoms with Crippen LogP contribution in [0.1, 0.15) is 17.3 Å². The molecule has 0 aliphatic carbocycles. The van der Waals surface area contributed by atoms with E-state index in [1.165, 1.54) is 12.1 Å². The van der Waals surface area contributed by atoms with E-state index in [0.717, 1.165) is 5.56 Å². The molecular weight excluding hydrogens is 284 g/mol. The van der Waals surface area contributed by atoms with E-state index in [2.05, 4.69) is 0 Å². The number of carbonyl (C=O) groups excluding carboxylic acids is 1. The Kier molecular flexibility index (Phi) is 3.47. The number of phenols is 2. The smallest absolute Gasteiger partial charge is 0.342 e. The SMILES string of the molecule is CCOC(=O)c1cc(O)cc2cc(-c3ccc(O)cc3)oc12. The van der Waals surface area contributed by atoms with Crippen LogP contribution < -0.4 is 0 Å². The molecule has 3 rings (SSSR count). The average molecular weight is 298 g/mol. The van der Waals surface area contributed by atoms with E-state index >= 15 is 0 Å². The van der Waals surface area contributed by atoms with Gasteiger partial charge in [-0.3, -0.25) is 0 Å². The second-order valence-corrected chi connectivity index (χ2v) is 4.79. The molecule has 0 spiro atoms. The summed E-state index contributed by atoms with van der Waals surface area (Å²) in [5.41, 5.74) is 1.30. The lowest BCUT2D eigenvalue weighted by atomic mass is 10.1. The van der Waals surface area contributed by atoms with Crippen molar-refractivity contribution in [1.29, 1.82) is 0 Å². The maximum atomic E-state index is 12.0. The first-order valence-electron chi connectivity index (χ1n) is 6.81. The largest absolute Gasteiger partial charge is 0.508 e. The number of phenolic OH excluding ortho intramolecular Hbond substituents is 2. The maximum Gasteiger partial charge on any atom is 0.342 e. The Bertz CT molecular complexity index is 830. The zero-order valence-electron chi connectivity index (χ0n) is 11.9. The van der Waals surface area contributed by atoms with Crippen molar-refractivity contribution in [1.82, 2.24) is 0 Å². The molecule has 5 nitrogen and oxygen atoms in total. The average Bonchev–Trinajstić information content (AvgIpc) is 2.91. The first-order chi connectivity index (χ1) is 10.6. The highest BCUT2D eigenvalue weighted by molar-refractivity contribution is 6.03. The normalized spacial score (nSPS) is 10.8. The van der Waals surface area contributed by atoms with Gasteiger partial charge in [-0.05, 0) is 49.4 Å². The van der Waals surface area contributed by atoms with E-state index in [1.807, 2.05) is 0 Å². The Morgan fingerprint density at radius 1 is 1.09 bits per heavy atom. The van der Waals surface area contributed by atoms with Gasteiger partial charge in [0.15, 0.2) is 0 Å². The summed E-state index contributed by atoms with van der Waals surface area (Å²) < 4.78 is 10.7. The van der Waals surface area contributed by atoms with Crippen LogP contribution in [0, 0.1) is 0 Å². The fourth-order valence-electron chi connectivity index (χ4n) is 2.27. The maximum absolute atomic E-state index is 12.0. The molecule has 1 aromatic heterocycles. The van der Waals surface area contributed by atoms with Crippen LogP contribution in [0.4, 0.5) is 0 Å². The van der Waals surface area contributed by atoms with Crippen LogP contribution >= 0.6 is 0 Å². The van der Waals surface area contributed by atoms with E-state index in [9.17, 15) is 15.0 Å². The number of carbonyl (C=O) groups is 1. The van der Waals surface area contributed by atoms with Gasteiger partial charge >= 0.3 is 5.97 Å². The van der Waals surface area contributed by atoms with Gasteiger partial charge in [-0.15, -0.1) is 0 Å². The number of aromatic hydroxyl groups is 2. The van der Waals surface area contributed by atoms with Gasteiger partial charge in [0.2, 0.25) is 0 Å². The zero-order chi connectivity index (χ0) is 15.7. The van der Waals surface area contributed by atoms with Gasteiger partial charge in [0, 0.05) is 10.9 Å². The number of esters is 1. The second-order valence-electron chi connectivity index (χ2n) is 4.79. The zero-order valence-corrected chi connectivity index (χ0v) is 11.9. The van der Waals surface area contributed by atoms with E-state index in [-0.39, 0.29) is 23.7 Å². The van der Waals surface area contributed by atoms with E-state index in [0.29, 0.717) is 16.7 Å². The molecule has 5 heteroatoms. The van der Waals surface area contributed by atoms with Gasteiger partial charge in [0.25, 0.3) is 0 Å². The predicted octanol–water partition coefficient (Wildman–Crippen LogP) is 3.69. The van der Waals surface area contributed by atoms with Crippen molar-refractivity contribution in [2.75, 3.05) is 6.61 Å². The highest BCUT2D eigenvalue weighted by atomic mass is 16.5. The Morgan fingerprint density at radius 3 is 2.50 bits per heavy atom. The summed E-state index contributed by atoms with van der Waals surface area (Å²) in [7, 11) is 0. The van der Waals surface area contributed by atoms with Crippen LogP contribution in [0.3, 0.4) is 0 Å². The molecule has 3 aromatic rings. The van der Waals surface area contributed by atoms with Gasteiger partial charge in [0.05, 0.1) is 6.61 Å². The third-order valence-electron chi connectivity index (χ3n) is 3.25. The van der Waals surface area contributed by atoms with Gasteiger partial charge in [-0.1, -0.05) is 0 Å². The number of hydrogen-bond acceptors (Lipinski definition) is 5. The third-order valence-corrected chi connectivity index (χ3v) is 3.25. The minimum absolute atomic E-state index is 0.0337. The molecule has 0 bridgehead atoms. The van der Waals surface area contributed by atoms with Crippen LogP contribution in [-0.2, 0) is 4.74 Å². The standard InChI is InChI=1S/C17H14O5/c1-2-21-17(20)14-9-13(19)7-11-8-15(22-16(11)14)10-3-5-12(18)6-4-10/h3-9,18-19H,2H2,1H3. The predicted molar refractivity (Wildman–Crippen MR) is 80.9 cm³/mol. The van der Waals surface area contributed by atoms with Crippen molar-refractivity contribution in [3.63, 3.8) is 0 Å². The number of furan rings is 1. The Balaban J connectivity index is 2.14. The summed E-state index contributed by atoms with van der Waals surface area (Å²) in [6, 6.07) is 11.1. The second kappa shape index (κ2) is 5.44. The molecule has 0 atom stereocenters. The van der Waals surface area contributed by atoms with Crippen LogP contribution in [0.2, 0.25) is 0 Å². The van der Waals surface area contributed by atoms with Crippen molar-refractivity contribution in [3.8, 4) is 22.8 Å². The van der Waals surface area contributed by atoms with Crippen LogP contribution in [-0.4, -0.2) is 22.8 Å². The molecular formula is C17H14O5. The monoisotopic (exact) mass is 298 g/mol. The van der Waals surface area contributed by atoms with E-state index in [4.69, 9.17) is 9.15 Å². The molecule has 22 heavy (non-hydrogen) atoms.